The third-order valence-electron chi connectivity index (χ3n) is 1.21. The van der Waals surface area contributed by atoms with Crippen molar-refractivity contribution in [2.75, 3.05) is 0 Å². The second-order valence-corrected chi connectivity index (χ2v) is 3.27. The van der Waals surface area contributed by atoms with Crippen molar-refractivity contribution in [2.45, 2.75) is 5.56 Å². The number of hydrogen-bond donors (Lipinski definition) is 1. The zero-order chi connectivity index (χ0) is 8.43. The Bertz CT molecular complexity index is 265. The van der Waals surface area contributed by atoms with Crippen molar-refractivity contribution in [1.29, 1.82) is 0 Å². The molecule has 0 aliphatic heterocycles. The molecule has 0 radical (unpaired) electrons. The van der Waals surface area contributed by atoms with E-state index in [1.165, 1.54) is 18.2 Å². The van der Waals surface area contributed by atoms with E-state index in [-0.39, 0.29) is 0 Å². The molecule has 0 aliphatic rings. The average molecular weight is 239 g/mol. The summed E-state index contributed by atoms with van der Waals surface area (Å²) in [5, 5.41) is 8.90. The number of hydrogen-bond acceptors (Lipinski definition) is 1. The number of halogens is 3. The van der Waals surface area contributed by atoms with Gasteiger partial charge in [0.2, 0.25) is 0 Å². The monoisotopic (exact) mass is 238 g/mol. The Morgan fingerprint density at radius 1 is 1.55 bits per heavy atom. The van der Waals surface area contributed by atoms with E-state index in [2.05, 4.69) is 15.9 Å². The highest BCUT2D eigenvalue weighted by atomic mass is 79.9. The van der Waals surface area contributed by atoms with Crippen molar-refractivity contribution in [3.05, 3.63) is 34.1 Å². The highest BCUT2D eigenvalue weighted by Gasteiger charge is 2.07. The van der Waals surface area contributed by atoms with Crippen LogP contribution in [0.15, 0.2) is 22.7 Å². The van der Waals surface area contributed by atoms with Crippen LogP contribution in [0.2, 0.25) is 0 Å². The summed E-state index contributed by atoms with van der Waals surface area (Å²) in [6.07, 6.45) is 0. The molecule has 0 heterocycles. The van der Waals surface area contributed by atoms with Crippen LogP contribution in [0.25, 0.3) is 0 Å². The fourth-order valence-electron chi connectivity index (χ4n) is 0.697. The van der Waals surface area contributed by atoms with Crippen LogP contribution in [-0.2, 0) is 0 Å². The SMILES string of the molecule is OC(Cl)c1cc(F)ccc1Br. The minimum absolute atomic E-state index is 0.340. The average Bonchev–Trinajstić information content (AvgIpc) is 1.94. The first-order valence-corrected chi connectivity index (χ1v) is 4.11. The molecule has 4 heteroatoms. The normalized spacial score (nSPS) is 13.1. The van der Waals surface area contributed by atoms with Crippen LogP contribution in [0.3, 0.4) is 0 Å². The van der Waals surface area contributed by atoms with Gasteiger partial charge in [0, 0.05) is 10.0 Å². The van der Waals surface area contributed by atoms with Gasteiger partial charge in [-0.1, -0.05) is 27.5 Å². The van der Waals surface area contributed by atoms with Crippen LogP contribution < -0.4 is 0 Å². The second-order valence-electron chi connectivity index (χ2n) is 2.00. The maximum atomic E-state index is 12.5. The molecule has 0 spiro atoms. The van der Waals surface area contributed by atoms with Crippen LogP contribution in [-0.4, -0.2) is 5.11 Å². The molecule has 1 unspecified atom stereocenters. The first-order chi connectivity index (χ1) is 5.11. The predicted molar refractivity (Wildman–Crippen MR) is 44.9 cm³/mol. The molecule has 0 aliphatic carbocycles. The molecule has 1 atom stereocenters. The standard InChI is InChI=1S/C7H5BrClFO/c8-6-2-1-4(10)3-5(6)7(9)11/h1-3,7,11H. The predicted octanol–water partition coefficient (Wildman–Crippen LogP) is 2.82. The summed E-state index contributed by atoms with van der Waals surface area (Å²) in [6, 6.07) is 3.96. The maximum Gasteiger partial charge on any atom is 0.154 e. The smallest absolute Gasteiger partial charge is 0.154 e. The van der Waals surface area contributed by atoms with Crippen LogP contribution >= 0.6 is 27.5 Å². The van der Waals surface area contributed by atoms with Crippen molar-refractivity contribution >= 4 is 27.5 Å². The van der Waals surface area contributed by atoms with Gasteiger partial charge in [0.05, 0.1) is 0 Å². The fourth-order valence-corrected chi connectivity index (χ4v) is 1.47. The quantitative estimate of drug-likeness (QED) is 0.747. The van der Waals surface area contributed by atoms with Gasteiger partial charge in [0.1, 0.15) is 5.82 Å². The molecule has 0 bridgehead atoms. The molecule has 0 fully saturated rings. The lowest BCUT2D eigenvalue weighted by Gasteiger charge is -2.04. The number of benzene rings is 1. The third kappa shape index (κ3) is 2.15. The van der Waals surface area contributed by atoms with E-state index >= 15 is 0 Å². The van der Waals surface area contributed by atoms with Crippen LogP contribution in [0, 0.1) is 5.82 Å². The van der Waals surface area contributed by atoms with Gasteiger partial charge in [-0.05, 0) is 18.2 Å². The summed E-state index contributed by atoms with van der Waals surface area (Å²) in [4.78, 5) is 0. The van der Waals surface area contributed by atoms with E-state index in [0.29, 0.717) is 10.0 Å². The van der Waals surface area contributed by atoms with E-state index in [1.807, 2.05) is 0 Å². The molecule has 60 valence electrons. The van der Waals surface area contributed by atoms with E-state index in [1.54, 1.807) is 0 Å². The van der Waals surface area contributed by atoms with Crippen LogP contribution in [0.5, 0.6) is 0 Å². The Labute approximate surface area is 76.9 Å². The topological polar surface area (TPSA) is 20.2 Å². The summed E-state index contributed by atoms with van der Waals surface area (Å²) in [6.45, 7) is 0. The molecule has 0 amide bonds. The van der Waals surface area contributed by atoms with E-state index in [0.717, 1.165) is 0 Å². The fraction of sp³-hybridized carbons (Fsp3) is 0.143. The van der Waals surface area contributed by atoms with Gasteiger partial charge in [-0.3, -0.25) is 0 Å². The Balaban J connectivity index is 3.13. The molecular weight excluding hydrogens is 234 g/mol. The van der Waals surface area contributed by atoms with Crippen LogP contribution in [0.1, 0.15) is 11.1 Å². The number of aliphatic hydroxyl groups excluding tert-OH is 1. The number of rotatable bonds is 1. The van der Waals surface area contributed by atoms with Gasteiger partial charge in [-0.2, -0.15) is 0 Å². The third-order valence-corrected chi connectivity index (χ3v) is 2.17. The van der Waals surface area contributed by atoms with Gasteiger partial charge in [-0.15, -0.1) is 0 Å². The minimum Gasteiger partial charge on any atom is -0.373 e. The molecule has 1 aromatic carbocycles. The first-order valence-electron chi connectivity index (χ1n) is 2.88. The first kappa shape index (κ1) is 8.97. The Kier molecular flexibility index (Phi) is 2.87. The molecule has 1 aromatic rings. The summed E-state index contributed by atoms with van der Waals surface area (Å²) in [7, 11) is 0. The highest BCUT2D eigenvalue weighted by molar-refractivity contribution is 9.10. The minimum atomic E-state index is -1.17. The van der Waals surface area contributed by atoms with Gasteiger partial charge >= 0.3 is 0 Å². The lowest BCUT2D eigenvalue weighted by molar-refractivity contribution is 0.261. The molecule has 0 aromatic heterocycles. The van der Waals surface area contributed by atoms with Crippen molar-refractivity contribution in [2.24, 2.45) is 0 Å². The lowest BCUT2D eigenvalue weighted by Crippen LogP contribution is -1.90. The zero-order valence-corrected chi connectivity index (χ0v) is 7.73. The highest BCUT2D eigenvalue weighted by Crippen LogP contribution is 2.26. The molecule has 0 saturated heterocycles. The van der Waals surface area contributed by atoms with E-state index in [4.69, 9.17) is 16.7 Å². The largest absolute Gasteiger partial charge is 0.373 e. The molecule has 1 nitrogen and oxygen atoms in total. The Morgan fingerprint density at radius 2 is 2.18 bits per heavy atom. The molecule has 1 rings (SSSR count). The Hall–Kier alpha value is -0.120. The summed E-state index contributed by atoms with van der Waals surface area (Å²) in [5.74, 6) is -0.414. The van der Waals surface area contributed by atoms with Crippen LogP contribution in [0.4, 0.5) is 4.39 Å². The molecule has 0 saturated carbocycles. The maximum absolute atomic E-state index is 12.5. The van der Waals surface area contributed by atoms with Gasteiger partial charge in [0.15, 0.2) is 5.56 Å². The molecule has 11 heavy (non-hydrogen) atoms. The number of aliphatic hydroxyl groups is 1. The van der Waals surface area contributed by atoms with Gasteiger partial charge < -0.3 is 5.11 Å². The van der Waals surface area contributed by atoms with E-state index < -0.39 is 11.4 Å². The second kappa shape index (κ2) is 3.52. The molecule has 1 N–H and O–H groups in total. The summed E-state index contributed by atoms with van der Waals surface area (Å²) in [5.41, 5.74) is -0.827. The lowest BCUT2D eigenvalue weighted by atomic mass is 10.2. The zero-order valence-electron chi connectivity index (χ0n) is 5.39. The Morgan fingerprint density at radius 3 is 2.64 bits per heavy atom. The van der Waals surface area contributed by atoms with Crippen molar-refractivity contribution < 1.29 is 9.50 Å². The van der Waals surface area contributed by atoms with Crippen molar-refractivity contribution in [3.63, 3.8) is 0 Å². The summed E-state index contributed by atoms with van der Waals surface area (Å²) >= 11 is 8.46. The van der Waals surface area contributed by atoms with Gasteiger partial charge in [-0.25, -0.2) is 4.39 Å². The van der Waals surface area contributed by atoms with E-state index in [9.17, 15) is 4.39 Å². The van der Waals surface area contributed by atoms with Crippen molar-refractivity contribution in [3.8, 4) is 0 Å². The van der Waals surface area contributed by atoms with Crippen molar-refractivity contribution in [1.82, 2.24) is 0 Å². The number of alkyl halides is 1. The molecular formula is C7H5BrClFO. The summed E-state index contributed by atoms with van der Waals surface area (Å²) < 4.78 is 13.1. The van der Waals surface area contributed by atoms with Gasteiger partial charge in [0.25, 0.3) is 0 Å².